The zero-order valence-corrected chi connectivity index (χ0v) is 8.84. The number of allylic oxidation sites excluding steroid dienone is 1. The Balaban J connectivity index is 2.15. The van der Waals surface area contributed by atoms with Crippen molar-refractivity contribution < 1.29 is 0 Å². The van der Waals surface area contributed by atoms with E-state index >= 15 is 0 Å². The van der Waals surface area contributed by atoms with Gasteiger partial charge in [-0.05, 0) is 38.7 Å². The summed E-state index contributed by atoms with van der Waals surface area (Å²) in [5, 5.41) is 6.93. The molecule has 0 atom stereocenters. The molecule has 0 unspecified atom stereocenters. The molecule has 0 aromatic heterocycles. The Kier molecular flexibility index (Phi) is 2.28. The average molecular weight is 196 g/mol. The molecule has 1 aliphatic heterocycles. The van der Waals surface area contributed by atoms with Gasteiger partial charge in [0.25, 0.3) is 0 Å². The Bertz CT molecular complexity index is 252. The van der Waals surface area contributed by atoms with Crippen molar-refractivity contribution in [1.82, 2.24) is 10.6 Å². The number of thiocarbonyl (C=S) groups is 1. The summed E-state index contributed by atoms with van der Waals surface area (Å²) < 4.78 is 0. The quantitative estimate of drug-likeness (QED) is 0.580. The molecule has 2 N–H and O–H groups in total. The van der Waals surface area contributed by atoms with Crippen LogP contribution in [0.3, 0.4) is 0 Å². The third kappa shape index (κ3) is 1.85. The Morgan fingerprint density at radius 2 is 1.92 bits per heavy atom. The first kappa shape index (κ1) is 9.00. The molecule has 1 aliphatic carbocycles. The summed E-state index contributed by atoms with van der Waals surface area (Å²) in [6.07, 6.45) is 8.35. The number of hydrogen-bond donors (Lipinski definition) is 2. The van der Waals surface area contributed by atoms with E-state index in [1.807, 2.05) is 6.08 Å². The van der Waals surface area contributed by atoms with Crippen LogP contribution in [0.15, 0.2) is 11.8 Å². The standard InChI is InChI=1S/C10H16N2S/c1-8-7-9(13)12-10(11-8)5-3-2-4-6-10/h7,11H,2-6H2,1H3,(H,12,13). The van der Waals surface area contributed by atoms with E-state index in [0.717, 1.165) is 4.99 Å². The Hall–Kier alpha value is -0.570. The lowest BCUT2D eigenvalue weighted by molar-refractivity contribution is 0.226. The fourth-order valence-electron chi connectivity index (χ4n) is 2.32. The van der Waals surface area contributed by atoms with E-state index in [9.17, 15) is 0 Å². The van der Waals surface area contributed by atoms with Gasteiger partial charge in [0.05, 0.1) is 0 Å². The van der Waals surface area contributed by atoms with Gasteiger partial charge in [-0.15, -0.1) is 0 Å². The molecule has 13 heavy (non-hydrogen) atoms. The van der Waals surface area contributed by atoms with Crippen LogP contribution < -0.4 is 10.6 Å². The highest BCUT2D eigenvalue weighted by Crippen LogP contribution is 2.28. The summed E-state index contributed by atoms with van der Waals surface area (Å²) in [4.78, 5) is 0.887. The normalized spacial score (nSPS) is 26.2. The number of rotatable bonds is 0. The van der Waals surface area contributed by atoms with Gasteiger partial charge in [-0.25, -0.2) is 0 Å². The van der Waals surface area contributed by atoms with Crippen molar-refractivity contribution in [2.45, 2.75) is 44.7 Å². The molecule has 2 nitrogen and oxygen atoms in total. The molecule has 72 valence electrons. The zero-order valence-electron chi connectivity index (χ0n) is 8.02. The van der Waals surface area contributed by atoms with Gasteiger partial charge in [0, 0.05) is 5.70 Å². The van der Waals surface area contributed by atoms with Crippen LogP contribution in [0.5, 0.6) is 0 Å². The summed E-state index contributed by atoms with van der Waals surface area (Å²) in [5.41, 5.74) is 1.29. The molecule has 1 saturated carbocycles. The molecule has 1 heterocycles. The second-order valence-electron chi connectivity index (χ2n) is 4.08. The molecule has 3 heteroatoms. The monoisotopic (exact) mass is 196 g/mol. The maximum Gasteiger partial charge on any atom is 0.108 e. The maximum atomic E-state index is 5.21. The Labute approximate surface area is 84.8 Å². The van der Waals surface area contributed by atoms with E-state index in [1.165, 1.54) is 37.8 Å². The molecule has 2 rings (SSSR count). The second kappa shape index (κ2) is 3.29. The number of hydrogen-bond acceptors (Lipinski definition) is 2. The van der Waals surface area contributed by atoms with Crippen molar-refractivity contribution >= 4 is 17.2 Å². The Morgan fingerprint density at radius 3 is 2.54 bits per heavy atom. The van der Waals surface area contributed by atoms with Crippen molar-refractivity contribution in [1.29, 1.82) is 0 Å². The van der Waals surface area contributed by atoms with E-state index in [0.29, 0.717) is 0 Å². The fourth-order valence-corrected chi connectivity index (χ4v) is 2.69. The highest BCUT2D eigenvalue weighted by Gasteiger charge is 2.33. The minimum atomic E-state index is 0.0914. The highest BCUT2D eigenvalue weighted by molar-refractivity contribution is 7.80. The lowest BCUT2D eigenvalue weighted by atomic mass is 9.87. The highest BCUT2D eigenvalue weighted by atomic mass is 32.1. The van der Waals surface area contributed by atoms with Crippen molar-refractivity contribution in [3.63, 3.8) is 0 Å². The van der Waals surface area contributed by atoms with E-state index < -0.39 is 0 Å². The average Bonchev–Trinajstić information content (AvgIpc) is 2.02. The Morgan fingerprint density at radius 1 is 1.23 bits per heavy atom. The zero-order chi connectivity index (χ0) is 9.31. The van der Waals surface area contributed by atoms with E-state index in [4.69, 9.17) is 12.2 Å². The molecule has 0 aromatic carbocycles. The molecule has 2 aliphatic rings. The smallest absolute Gasteiger partial charge is 0.108 e. The molecule has 0 aromatic rings. The van der Waals surface area contributed by atoms with Crippen molar-refractivity contribution in [3.8, 4) is 0 Å². The van der Waals surface area contributed by atoms with Crippen LogP contribution in [0.4, 0.5) is 0 Å². The first-order chi connectivity index (χ1) is 6.20. The van der Waals surface area contributed by atoms with Crippen LogP contribution in [0, 0.1) is 0 Å². The summed E-state index contributed by atoms with van der Waals surface area (Å²) in [6, 6.07) is 0. The van der Waals surface area contributed by atoms with E-state index in [1.54, 1.807) is 0 Å². The van der Waals surface area contributed by atoms with Gasteiger partial charge in [0.2, 0.25) is 0 Å². The van der Waals surface area contributed by atoms with Crippen LogP contribution in [0.1, 0.15) is 39.0 Å². The number of nitrogens with one attached hydrogen (secondary N) is 2. The fraction of sp³-hybridized carbons (Fsp3) is 0.700. The first-order valence-corrected chi connectivity index (χ1v) is 5.40. The summed E-state index contributed by atoms with van der Waals surface area (Å²) in [7, 11) is 0. The largest absolute Gasteiger partial charge is 0.366 e. The van der Waals surface area contributed by atoms with Gasteiger partial charge in [0.1, 0.15) is 10.7 Å². The van der Waals surface area contributed by atoms with Crippen molar-refractivity contribution in [2.24, 2.45) is 0 Å². The summed E-state index contributed by atoms with van der Waals surface area (Å²) in [6.45, 7) is 2.09. The molecule has 1 spiro atoms. The SMILES string of the molecule is CC1=CC(=S)NC2(CCCCC2)N1. The predicted octanol–water partition coefficient (Wildman–Crippen LogP) is 2.07. The van der Waals surface area contributed by atoms with E-state index in [-0.39, 0.29) is 5.66 Å². The lowest BCUT2D eigenvalue weighted by Gasteiger charge is -2.43. The van der Waals surface area contributed by atoms with E-state index in [2.05, 4.69) is 17.6 Å². The first-order valence-electron chi connectivity index (χ1n) is 4.99. The van der Waals surface area contributed by atoms with Gasteiger partial charge in [-0.1, -0.05) is 18.6 Å². The third-order valence-corrected chi connectivity index (χ3v) is 3.07. The lowest BCUT2D eigenvalue weighted by Crippen LogP contribution is -2.60. The second-order valence-corrected chi connectivity index (χ2v) is 4.52. The maximum absolute atomic E-state index is 5.21. The van der Waals surface area contributed by atoms with Crippen LogP contribution in [0.2, 0.25) is 0 Å². The molecule has 0 radical (unpaired) electrons. The van der Waals surface area contributed by atoms with Gasteiger partial charge in [0.15, 0.2) is 0 Å². The van der Waals surface area contributed by atoms with Crippen LogP contribution in [0.25, 0.3) is 0 Å². The van der Waals surface area contributed by atoms with Gasteiger partial charge in [-0.2, -0.15) is 0 Å². The van der Waals surface area contributed by atoms with Crippen LogP contribution in [-0.2, 0) is 0 Å². The van der Waals surface area contributed by atoms with Gasteiger partial charge >= 0.3 is 0 Å². The minimum absolute atomic E-state index is 0.0914. The van der Waals surface area contributed by atoms with Crippen molar-refractivity contribution in [2.75, 3.05) is 0 Å². The summed E-state index contributed by atoms with van der Waals surface area (Å²) >= 11 is 5.21. The van der Waals surface area contributed by atoms with Gasteiger partial charge < -0.3 is 10.6 Å². The minimum Gasteiger partial charge on any atom is -0.366 e. The topological polar surface area (TPSA) is 24.1 Å². The van der Waals surface area contributed by atoms with Crippen LogP contribution in [-0.4, -0.2) is 10.7 Å². The van der Waals surface area contributed by atoms with Crippen LogP contribution >= 0.6 is 12.2 Å². The predicted molar refractivity (Wildman–Crippen MR) is 58.4 cm³/mol. The van der Waals surface area contributed by atoms with Crippen molar-refractivity contribution in [3.05, 3.63) is 11.8 Å². The molecule has 0 saturated heterocycles. The summed E-state index contributed by atoms with van der Waals surface area (Å²) in [5.74, 6) is 0. The van der Waals surface area contributed by atoms with Gasteiger partial charge in [-0.3, -0.25) is 0 Å². The molecular formula is C10H16N2S. The molecule has 0 bridgehead atoms. The third-order valence-electron chi connectivity index (χ3n) is 2.85. The molecular weight excluding hydrogens is 180 g/mol. The molecule has 1 fully saturated rings. The molecule has 0 amide bonds.